The summed E-state index contributed by atoms with van der Waals surface area (Å²) in [6, 6.07) is 9.71. The van der Waals surface area contributed by atoms with Crippen molar-refractivity contribution in [3.05, 3.63) is 34.9 Å². The quantitative estimate of drug-likeness (QED) is 0.749. The zero-order valence-corrected chi connectivity index (χ0v) is 13.8. The summed E-state index contributed by atoms with van der Waals surface area (Å²) in [7, 11) is 1.76. The maximum Gasteiger partial charge on any atom is 0.243 e. The molecule has 0 fully saturated rings. The minimum Gasteiger partial charge on any atom is -0.340 e. The van der Waals surface area contributed by atoms with Gasteiger partial charge < -0.3 is 4.90 Å². The molecular weight excluding hydrogens is 284 g/mol. The van der Waals surface area contributed by atoms with Gasteiger partial charge in [-0.2, -0.15) is 5.26 Å². The Morgan fingerprint density at radius 2 is 1.76 bits per heavy atom. The highest BCUT2D eigenvalue weighted by Crippen LogP contribution is 2.31. The fourth-order valence-electron chi connectivity index (χ4n) is 2.65. The zero-order valence-electron chi connectivity index (χ0n) is 13.0. The van der Waals surface area contributed by atoms with E-state index in [1.54, 1.807) is 11.9 Å². The highest BCUT2D eigenvalue weighted by Gasteiger charge is 2.38. The maximum atomic E-state index is 12.7. The van der Waals surface area contributed by atoms with Crippen LogP contribution in [0.3, 0.4) is 0 Å². The number of nitriles is 1. The average molecular weight is 307 g/mol. The van der Waals surface area contributed by atoms with E-state index in [1.165, 1.54) is 0 Å². The Bertz CT molecular complexity index is 499. The molecule has 0 bridgehead atoms. The van der Waals surface area contributed by atoms with E-state index in [4.69, 9.17) is 11.6 Å². The van der Waals surface area contributed by atoms with Gasteiger partial charge in [-0.15, -0.1) is 0 Å². The fourth-order valence-corrected chi connectivity index (χ4v) is 2.78. The van der Waals surface area contributed by atoms with Gasteiger partial charge in [0, 0.05) is 18.6 Å². The molecule has 0 heterocycles. The van der Waals surface area contributed by atoms with E-state index in [0.717, 1.165) is 18.4 Å². The fraction of sp³-hybridized carbons (Fsp3) is 0.529. The van der Waals surface area contributed by atoms with Gasteiger partial charge in [0.15, 0.2) is 0 Å². The van der Waals surface area contributed by atoms with Crippen molar-refractivity contribution in [2.75, 3.05) is 7.05 Å². The molecule has 1 aromatic rings. The molecule has 1 amide bonds. The molecule has 0 unspecified atom stereocenters. The molecular formula is C17H23ClN2O. The van der Waals surface area contributed by atoms with Gasteiger partial charge in [-0.3, -0.25) is 4.79 Å². The van der Waals surface area contributed by atoms with Gasteiger partial charge in [0.1, 0.15) is 5.41 Å². The van der Waals surface area contributed by atoms with Crippen LogP contribution in [0.2, 0.25) is 5.02 Å². The summed E-state index contributed by atoms with van der Waals surface area (Å²) >= 11 is 5.86. The summed E-state index contributed by atoms with van der Waals surface area (Å²) in [6.45, 7) is 4.51. The van der Waals surface area contributed by atoms with Gasteiger partial charge in [-0.25, -0.2) is 0 Å². The van der Waals surface area contributed by atoms with Gasteiger partial charge in [-0.1, -0.05) is 50.4 Å². The van der Waals surface area contributed by atoms with Crippen molar-refractivity contribution in [3.63, 3.8) is 0 Å². The Hall–Kier alpha value is -1.53. The first-order chi connectivity index (χ1) is 9.99. The topological polar surface area (TPSA) is 44.1 Å². The first-order valence-electron chi connectivity index (χ1n) is 7.40. The summed E-state index contributed by atoms with van der Waals surface area (Å²) < 4.78 is 0. The number of rotatable bonds is 7. The second-order valence-corrected chi connectivity index (χ2v) is 5.92. The molecule has 21 heavy (non-hydrogen) atoms. The van der Waals surface area contributed by atoms with Crippen molar-refractivity contribution in [1.29, 1.82) is 5.26 Å². The van der Waals surface area contributed by atoms with Crippen LogP contribution in [-0.2, 0) is 11.3 Å². The maximum absolute atomic E-state index is 12.7. The molecule has 0 spiro atoms. The third-order valence-electron chi connectivity index (χ3n) is 3.66. The van der Waals surface area contributed by atoms with Crippen LogP contribution < -0.4 is 0 Å². The molecule has 4 heteroatoms. The van der Waals surface area contributed by atoms with Gasteiger partial charge in [0.2, 0.25) is 5.91 Å². The van der Waals surface area contributed by atoms with E-state index in [9.17, 15) is 10.1 Å². The van der Waals surface area contributed by atoms with Crippen LogP contribution in [0.1, 0.15) is 45.1 Å². The highest BCUT2D eigenvalue weighted by atomic mass is 35.5. The average Bonchev–Trinajstić information content (AvgIpc) is 2.48. The molecule has 1 rings (SSSR count). The number of hydrogen-bond acceptors (Lipinski definition) is 2. The standard InChI is InChI=1S/C17H23ClN2O/c1-4-10-17(13-19,11-5-2)16(21)20(3)12-14-6-8-15(18)9-7-14/h6-9H,4-5,10-12H2,1-3H3. The number of nitrogens with zero attached hydrogens (tertiary/aromatic N) is 2. The first-order valence-corrected chi connectivity index (χ1v) is 7.78. The number of hydrogen-bond donors (Lipinski definition) is 0. The summed E-state index contributed by atoms with van der Waals surface area (Å²) in [6.07, 6.45) is 2.88. The Morgan fingerprint density at radius 1 is 1.24 bits per heavy atom. The summed E-state index contributed by atoms with van der Waals surface area (Å²) in [5, 5.41) is 10.2. The predicted octanol–water partition coefficient (Wildman–Crippen LogP) is 4.41. The number of amides is 1. The van der Waals surface area contributed by atoms with Gasteiger partial charge in [0.05, 0.1) is 6.07 Å². The van der Waals surface area contributed by atoms with E-state index < -0.39 is 5.41 Å². The van der Waals surface area contributed by atoms with Crippen LogP contribution in [-0.4, -0.2) is 17.9 Å². The van der Waals surface area contributed by atoms with E-state index in [-0.39, 0.29) is 5.91 Å². The minimum absolute atomic E-state index is 0.0800. The van der Waals surface area contributed by atoms with E-state index in [2.05, 4.69) is 6.07 Å². The van der Waals surface area contributed by atoms with Gasteiger partial charge in [-0.05, 0) is 30.5 Å². The Kier molecular flexibility index (Phi) is 6.71. The van der Waals surface area contributed by atoms with E-state index >= 15 is 0 Å². The van der Waals surface area contributed by atoms with Crippen molar-refractivity contribution < 1.29 is 4.79 Å². The molecule has 1 aromatic carbocycles. The molecule has 0 N–H and O–H groups in total. The lowest BCUT2D eigenvalue weighted by molar-refractivity contribution is -0.139. The number of carbonyl (C=O) groups excluding carboxylic acids is 1. The van der Waals surface area contributed by atoms with Gasteiger partial charge in [0.25, 0.3) is 0 Å². The Balaban J connectivity index is 2.87. The smallest absolute Gasteiger partial charge is 0.243 e. The summed E-state index contributed by atoms with van der Waals surface area (Å²) in [4.78, 5) is 14.4. The molecule has 0 aromatic heterocycles. The molecule has 0 saturated carbocycles. The monoisotopic (exact) mass is 306 g/mol. The lowest BCUT2D eigenvalue weighted by Gasteiger charge is -2.30. The van der Waals surface area contributed by atoms with E-state index in [1.807, 2.05) is 38.1 Å². The third-order valence-corrected chi connectivity index (χ3v) is 3.91. The lowest BCUT2D eigenvalue weighted by Crippen LogP contribution is -2.41. The summed E-state index contributed by atoms with van der Waals surface area (Å²) in [5.74, 6) is -0.0800. The van der Waals surface area contributed by atoms with Crippen LogP contribution in [0.4, 0.5) is 0 Å². The SMILES string of the molecule is CCCC(C#N)(CCC)C(=O)N(C)Cc1ccc(Cl)cc1. The van der Waals surface area contributed by atoms with Gasteiger partial charge >= 0.3 is 0 Å². The molecule has 3 nitrogen and oxygen atoms in total. The second kappa shape index (κ2) is 8.05. The highest BCUT2D eigenvalue weighted by molar-refractivity contribution is 6.30. The molecule has 0 aliphatic rings. The Labute approximate surface area is 132 Å². The first kappa shape index (κ1) is 17.5. The van der Waals surface area contributed by atoms with Crippen molar-refractivity contribution in [2.45, 2.75) is 46.1 Å². The van der Waals surface area contributed by atoms with Crippen LogP contribution >= 0.6 is 11.6 Å². The number of benzene rings is 1. The zero-order chi connectivity index (χ0) is 15.9. The van der Waals surface area contributed by atoms with Crippen LogP contribution in [0.5, 0.6) is 0 Å². The van der Waals surface area contributed by atoms with Crippen LogP contribution in [0, 0.1) is 16.7 Å². The number of carbonyl (C=O) groups is 1. The van der Waals surface area contributed by atoms with Crippen molar-refractivity contribution in [3.8, 4) is 6.07 Å². The second-order valence-electron chi connectivity index (χ2n) is 5.48. The van der Waals surface area contributed by atoms with Crippen molar-refractivity contribution >= 4 is 17.5 Å². The normalized spacial score (nSPS) is 11.0. The van der Waals surface area contributed by atoms with Crippen molar-refractivity contribution in [1.82, 2.24) is 4.90 Å². The predicted molar refractivity (Wildman–Crippen MR) is 85.8 cm³/mol. The molecule has 114 valence electrons. The van der Waals surface area contributed by atoms with E-state index in [0.29, 0.717) is 24.4 Å². The Morgan fingerprint density at radius 3 is 2.19 bits per heavy atom. The third kappa shape index (κ3) is 4.47. The molecule has 0 atom stereocenters. The number of halogens is 1. The minimum atomic E-state index is -0.884. The molecule has 0 aliphatic heterocycles. The van der Waals surface area contributed by atoms with Crippen LogP contribution in [0.25, 0.3) is 0 Å². The molecule has 0 saturated heterocycles. The molecule has 0 aliphatic carbocycles. The largest absolute Gasteiger partial charge is 0.340 e. The van der Waals surface area contributed by atoms with Crippen LogP contribution in [0.15, 0.2) is 24.3 Å². The molecule has 0 radical (unpaired) electrons. The summed E-state index contributed by atoms with van der Waals surface area (Å²) in [5.41, 5.74) is 0.125. The lowest BCUT2D eigenvalue weighted by atomic mass is 9.79. The van der Waals surface area contributed by atoms with Crippen molar-refractivity contribution in [2.24, 2.45) is 5.41 Å².